The van der Waals surface area contributed by atoms with E-state index in [9.17, 15) is 0 Å². The molecule has 0 amide bonds. The second-order valence-electron chi connectivity index (χ2n) is 4.93. The first-order valence-corrected chi connectivity index (χ1v) is 6.05. The maximum atomic E-state index is 3.45. The van der Waals surface area contributed by atoms with Gasteiger partial charge in [-0.15, -0.1) is 0 Å². The van der Waals surface area contributed by atoms with Gasteiger partial charge in [-0.25, -0.2) is 0 Å². The fourth-order valence-corrected chi connectivity index (χ4v) is 2.43. The molecule has 1 aliphatic rings. The second kappa shape index (κ2) is 4.36. The van der Waals surface area contributed by atoms with Gasteiger partial charge in [0, 0.05) is 12.0 Å². The third kappa shape index (κ3) is 2.23. The van der Waals surface area contributed by atoms with Crippen LogP contribution in [0.3, 0.4) is 0 Å². The van der Waals surface area contributed by atoms with Crippen LogP contribution in [0.2, 0.25) is 0 Å². The lowest BCUT2D eigenvalue weighted by Gasteiger charge is -2.23. The summed E-state index contributed by atoms with van der Waals surface area (Å²) in [6.45, 7) is 6.88. The summed E-state index contributed by atoms with van der Waals surface area (Å²) in [5.74, 6) is 0. The van der Waals surface area contributed by atoms with Crippen molar-refractivity contribution in [2.45, 2.75) is 38.5 Å². The minimum absolute atomic E-state index is 0.366. The highest BCUT2D eigenvalue weighted by molar-refractivity contribution is 5.30. The van der Waals surface area contributed by atoms with E-state index < -0.39 is 0 Å². The molecule has 0 spiro atoms. The minimum atomic E-state index is 0.366. The van der Waals surface area contributed by atoms with E-state index in [1.165, 1.54) is 30.4 Å². The molecule has 1 saturated heterocycles. The molecular formula is C14H21N. The molecule has 82 valence electrons. The quantitative estimate of drug-likeness (QED) is 0.796. The molecule has 1 fully saturated rings. The summed E-state index contributed by atoms with van der Waals surface area (Å²) in [4.78, 5) is 0. The Labute approximate surface area is 92.9 Å². The Morgan fingerprint density at radius 3 is 2.53 bits per heavy atom. The molecule has 0 saturated carbocycles. The first kappa shape index (κ1) is 10.7. The van der Waals surface area contributed by atoms with Crippen molar-refractivity contribution in [2.75, 3.05) is 13.1 Å². The molecule has 1 aliphatic heterocycles. The molecule has 0 bridgehead atoms. The molecule has 2 rings (SSSR count). The summed E-state index contributed by atoms with van der Waals surface area (Å²) in [5.41, 5.74) is 3.33. The van der Waals surface area contributed by atoms with Crippen LogP contribution in [0.15, 0.2) is 24.3 Å². The van der Waals surface area contributed by atoms with E-state index in [1.807, 2.05) is 0 Å². The van der Waals surface area contributed by atoms with Crippen LogP contribution in [0.1, 0.15) is 37.8 Å². The number of nitrogens with one attached hydrogen (secondary N) is 1. The van der Waals surface area contributed by atoms with Gasteiger partial charge in [-0.05, 0) is 30.5 Å². The lowest BCUT2D eigenvalue weighted by molar-refractivity contribution is 0.525. The average molecular weight is 203 g/mol. The molecular weight excluding hydrogens is 182 g/mol. The van der Waals surface area contributed by atoms with Gasteiger partial charge in [0.15, 0.2) is 0 Å². The summed E-state index contributed by atoms with van der Waals surface area (Å²) in [7, 11) is 0. The molecule has 0 radical (unpaired) electrons. The Kier molecular flexibility index (Phi) is 3.11. The standard InChI is InChI=1S/C14H21N/c1-3-4-12-5-7-13(8-6-12)14(2)9-10-15-11-14/h5-8,15H,3-4,9-11H2,1-2H3. The van der Waals surface area contributed by atoms with E-state index in [1.54, 1.807) is 0 Å². The molecule has 1 nitrogen and oxygen atoms in total. The molecule has 15 heavy (non-hydrogen) atoms. The lowest BCUT2D eigenvalue weighted by atomic mass is 9.81. The molecule has 0 aliphatic carbocycles. The van der Waals surface area contributed by atoms with Crippen molar-refractivity contribution in [1.29, 1.82) is 0 Å². The van der Waals surface area contributed by atoms with Crippen molar-refractivity contribution in [2.24, 2.45) is 0 Å². The van der Waals surface area contributed by atoms with Crippen LogP contribution in [-0.2, 0) is 11.8 Å². The number of rotatable bonds is 3. The van der Waals surface area contributed by atoms with Crippen molar-refractivity contribution in [3.05, 3.63) is 35.4 Å². The van der Waals surface area contributed by atoms with E-state index in [-0.39, 0.29) is 0 Å². The van der Waals surface area contributed by atoms with Crippen LogP contribution in [0.25, 0.3) is 0 Å². The highest BCUT2D eigenvalue weighted by Gasteiger charge is 2.29. The maximum absolute atomic E-state index is 3.45. The van der Waals surface area contributed by atoms with Gasteiger partial charge in [0.05, 0.1) is 0 Å². The van der Waals surface area contributed by atoms with Gasteiger partial charge >= 0.3 is 0 Å². The van der Waals surface area contributed by atoms with Gasteiger partial charge in [0.1, 0.15) is 0 Å². The van der Waals surface area contributed by atoms with Crippen LogP contribution in [0.4, 0.5) is 0 Å². The Hall–Kier alpha value is -0.820. The Balaban J connectivity index is 2.15. The van der Waals surface area contributed by atoms with Gasteiger partial charge in [0.2, 0.25) is 0 Å². The monoisotopic (exact) mass is 203 g/mol. The summed E-state index contributed by atoms with van der Waals surface area (Å²) in [6, 6.07) is 9.22. The van der Waals surface area contributed by atoms with Crippen molar-refractivity contribution in [3.63, 3.8) is 0 Å². The smallest absolute Gasteiger partial charge is 0.00615 e. The highest BCUT2D eigenvalue weighted by Crippen LogP contribution is 2.30. The molecule has 0 aromatic heterocycles. The fourth-order valence-electron chi connectivity index (χ4n) is 2.43. The van der Waals surface area contributed by atoms with Crippen LogP contribution < -0.4 is 5.32 Å². The normalized spacial score (nSPS) is 25.7. The first-order chi connectivity index (χ1) is 7.24. The van der Waals surface area contributed by atoms with Crippen LogP contribution >= 0.6 is 0 Å². The number of benzene rings is 1. The molecule has 1 aromatic rings. The number of hydrogen-bond acceptors (Lipinski definition) is 1. The summed E-state index contributed by atoms with van der Waals surface area (Å²) < 4.78 is 0. The predicted octanol–water partition coefficient (Wildman–Crippen LogP) is 2.89. The zero-order valence-electron chi connectivity index (χ0n) is 9.84. The minimum Gasteiger partial charge on any atom is -0.316 e. The number of aryl methyl sites for hydroxylation is 1. The van der Waals surface area contributed by atoms with Crippen LogP contribution in [0.5, 0.6) is 0 Å². The average Bonchev–Trinajstić information content (AvgIpc) is 2.68. The molecule has 1 N–H and O–H groups in total. The molecule has 1 unspecified atom stereocenters. The van der Waals surface area contributed by atoms with Gasteiger partial charge in [-0.2, -0.15) is 0 Å². The van der Waals surface area contributed by atoms with E-state index in [2.05, 4.69) is 43.4 Å². The SMILES string of the molecule is CCCc1ccc(C2(C)CCNC2)cc1. The first-order valence-electron chi connectivity index (χ1n) is 6.05. The van der Waals surface area contributed by atoms with E-state index in [4.69, 9.17) is 0 Å². The Morgan fingerprint density at radius 2 is 2.00 bits per heavy atom. The van der Waals surface area contributed by atoms with Gasteiger partial charge in [-0.3, -0.25) is 0 Å². The van der Waals surface area contributed by atoms with Crippen molar-refractivity contribution in [3.8, 4) is 0 Å². The molecule has 1 heterocycles. The summed E-state index contributed by atoms with van der Waals surface area (Å²) in [5, 5.41) is 3.45. The van der Waals surface area contributed by atoms with Gasteiger partial charge in [0.25, 0.3) is 0 Å². The van der Waals surface area contributed by atoms with Crippen molar-refractivity contribution in [1.82, 2.24) is 5.32 Å². The van der Waals surface area contributed by atoms with Gasteiger partial charge < -0.3 is 5.32 Å². The zero-order chi connectivity index (χ0) is 10.7. The fraction of sp³-hybridized carbons (Fsp3) is 0.571. The van der Waals surface area contributed by atoms with Crippen LogP contribution in [-0.4, -0.2) is 13.1 Å². The highest BCUT2D eigenvalue weighted by atomic mass is 14.9. The zero-order valence-corrected chi connectivity index (χ0v) is 9.84. The number of hydrogen-bond donors (Lipinski definition) is 1. The Morgan fingerprint density at radius 1 is 1.27 bits per heavy atom. The summed E-state index contributed by atoms with van der Waals surface area (Å²) >= 11 is 0. The van der Waals surface area contributed by atoms with E-state index >= 15 is 0 Å². The lowest BCUT2D eigenvalue weighted by Crippen LogP contribution is -2.24. The van der Waals surface area contributed by atoms with Crippen molar-refractivity contribution >= 4 is 0 Å². The third-order valence-corrected chi connectivity index (χ3v) is 3.56. The molecule has 1 heteroatoms. The summed E-state index contributed by atoms with van der Waals surface area (Å²) in [6.07, 6.45) is 3.70. The largest absolute Gasteiger partial charge is 0.316 e. The van der Waals surface area contributed by atoms with E-state index in [0.717, 1.165) is 13.1 Å². The topological polar surface area (TPSA) is 12.0 Å². The van der Waals surface area contributed by atoms with Crippen LogP contribution in [0, 0.1) is 0 Å². The van der Waals surface area contributed by atoms with E-state index in [0.29, 0.717) is 5.41 Å². The predicted molar refractivity (Wildman–Crippen MR) is 65.3 cm³/mol. The molecule has 1 atom stereocenters. The van der Waals surface area contributed by atoms with Gasteiger partial charge in [-0.1, -0.05) is 44.5 Å². The Bertz CT molecular complexity index is 307. The molecule has 1 aromatic carbocycles. The maximum Gasteiger partial charge on any atom is 0.00615 e. The van der Waals surface area contributed by atoms with Crippen molar-refractivity contribution < 1.29 is 0 Å². The second-order valence-corrected chi connectivity index (χ2v) is 4.93. The third-order valence-electron chi connectivity index (χ3n) is 3.56.